The topological polar surface area (TPSA) is 103 Å². The van der Waals surface area contributed by atoms with Crippen molar-refractivity contribution in [2.24, 2.45) is 0 Å². The summed E-state index contributed by atoms with van der Waals surface area (Å²) in [5.74, 6) is 0.272. The Morgan fingerprint density at radius 1 is 1.04 bits per heavy atom. The Bertz CT molecular complexity index is 995. The van der Waals surface area contributed by atoms with E-state index in [0.717, 1.165) is 0 Å². The summed E-state index contributed by atoms with van der Waals surface area (Å²) in [6, 6.07) is 12.3. The third-order valence-electron chi connectivity index (χ3n) is 3.48. The molecule has 4 rings (SSSR count). The minimum atomic E-state index is -0.267. The summed E-state index contributed by atoms with van der Waals surface area (Å²) in [4.78, 5) is 16.9. The molecular formula is C16H12N8O. The molecule has 25 heavy (non-hydrogen) atoms. The number of tetrazole rings is 1. The highest BCUT2D eigenvalue weighted by Gasteiger charge is 2.12. The zero-order valence-electron chi connectivity index (χ0n) is 12.9. The van der Waals surface area contributed by atoms with E-state index in [1.165, 1.54) is 11.0 Å². The lowest BCUT2D eigenvalue weighted by molar-refractivity contribution is 0.102. The summed E-state index contributed by atoms with van der Waals surface area (Å²) < 4.78 is 3.07. The van der Waals surface area contributed by atoms with E-state index in [4.69, 9.17) is 0 Å². The molecule has 122 valence electrons. The van der Waals surface area contributed by atoms with Crippen molar-refractivity contribution in [1.29, 1.82) is 0 Å². The molecule has 3 aromatic heterocycles. The van der Waals surface area contributed by atoms with Gasteiger partial charge in [-0.3, -0.25) is 4.79 Å². The van der Waals surface area contributed by atoms with Gasteiger partial charge in [0.1, 0.15) is 6.33 Å². The molecule has 0 saturated heterocycles. The first kappa shape index (κ1) is 14.7. The number of anilines is 1. The fourth-order valence-electron chi connectivity index (χ4n) is 2.33. The van der Waals surface area contributed by atoms with Crippen molar-refractivity contribution in [2.75, 3.05) is 5.32 Å². The molecule has 1 N–H and O–H groups in total. The molecule has 1 amide bonds. The number of benzene rings is 1. The van der Waals surface area contributed by atoms with Gasteiger partial charge in [-0.05, 0) is 46.8 Å². The van der Waals surface area contributed by atoms with Crippen molar-refractivity contribution in [3.05, 3.63) is 72.9 Å². The van der Waals surface area contributed by atoms with Crippen LogP contribution in [0.3, 0.4) is 0 Å². The highest BCUT2D eigenvalue weighted by atomic mass is 16.1. The van der Waals surface area contributed by atoms with Crippen molar-refractivity contribution in [3.63, 3.8) is 0 Å². The summed E-state index contributed by atoms with van der Waals surface area (Å²) in [5, 5.41) is 18.0. The minimum Gasteiger partial charge on any atom is -0.319 e. The molecule has 0 radical (unpaired) electrons. The molecule has 0 bridgehead atoms. The van der Waals surface area contributed by atoms with Gasteiger partial charge in [0.25, 0.3) is 5.91 Å². The first-order valence-corrected chi connectivity index (χ1v) is 7.41. The van der Waals surface area contributed by atoms with Gasteiger partial charge in [-0.15, -0.1) is 5.10 Å². The molecule has 0 aliphatic rings. The first-order valence-electron chi connectivity index (χ1n) is 7.41. The highest BCUT2D eigenvalue weighted by Crippen LogP contribution is 2.18. The zero-order valence-corrected chi connectivity index (χ0v) is 12.9. The van der Waals surface area contributed by atoms with Crippen LogP contribution in [0, 0.1) is 0 Å². The van der Waals surface area contributed by atoms with E-state index >= 15 is 0 Å². The maximum atomic E-state index is 12.6. The lowest BCUT2D eigenvalue weighted by atomic mass is 10.2. The van der Waals surface area contributed by atoms with E-state index in [2.05, 4.69) is 30.9 Å². The van der Waals surface area contributed by atoms with Crippen LogP contribution in [-0.2, 0) is 0 Å². The van der Waals surface area contributed by atoms with Gasteiger partial charge in [0, 0.05) is 24.2 Å². The van der Waals surface area contributed by atoms with Crippen LogP contribution < -0.4 is 5.32 Å². The number of carbonyl (C=O) groups is 1. The number of hydrogen-bond donors (Lipinski definition) is 1. The first-order chi connectivity index (χ1) is 12.3. The van der Waals surface area contributed by atoms with Crippen molar-refractivity contribution >= 4 is 11.6 Å². The van der Waals surface area contributed by atoms with Crippen LogP contribution in [-0.4, -0.2) is 40.9 Å². The Labute approximate surface area is 141 Å². The van der Waals surface area contributed by atoms with Crippen molar-refractivity contribution in [2.45, 2.75) is 0 Å². The van der Waals surface area contributed by atoms with E-state index in [1.54, 1.807) is 59.7 Å². The van der Waals surface area contributed by atoms with Crippen molar-refractivity contribution in [1.82, 2.24) is 35.0 Å². The Balaban J connectivity index is 1.63. The number of nitrogens with one attached hydrogen (secondary N) is 1. The third kappa shape index (κ3) is 2.98. The van der Waals surface area contributed by atoms with Crippen LogP contribution in [0.2, 0.25) is 0 Å². The van der Waals surface area contributed by atoms with Crippen LogP contribution in [0.1, 0.15) is 10.4 Å². The second-order valence-corrected chi connectivity index (χ2v) is 5.08. The third-order valence-corrected chi connectivity index (χ3v) is 3.48. The van der Waals surface area contributed by atoms with Gasteiger partial charge in [0.15, 0.2) is 5.82 Å². The van der Waals surface area contributed by atoms with Gasteiger partial charge in [-0.25, -0.2) is 14.3 Å². The SMILES string of the molecule is O=C(Nc1cccnc1-n1cccn1)c1cccc(-n2cnnn2)c1. The predicted molar refractivity (Wildman–Crippen MR) is 88.5 cm³/mol. The van der Waals surface area contributed by atoms with Crippen LogP contribution in [0.15, 0.2) is 67.4 Å². The van der Waals surface area contributed by atoms with Crippen molar-refractivity contribution < 1.29 is 4.79 Å². The highest BCUT2D eigenvalue weighted by molar-refractivity contribution is 6.05. The molecule has 0 saturated carbocycles. The molecule has 3 heterocycles. The van der Waals surface area contributed by atoms with Crippen molar-refractivity contribution in [3.8, 4) is 11.5 Å². The maximum absolute atomic E-state index is 12.6. The molecule has 4 aromatic rings. The average molecular weight is 332 g/mol. The zero-order chi connectivity index (χ0) is 17.1. The average Bonchev–Trinajstić information content (AvgIpc) is 3.36. The Kier molecular flexibility index (Phi) is 3.71. The fourth-order valence-corrected chi connectivity index (χ4v) is 2.33. The summed E-state index contributed by atoms with van der Waals surface area (Å²) in [5.41, 5.74) is 1.73. The maximum Gasteiger partial charge on any atom is 0.255 e. The molecule has 0 spiro atoms. The number of pyridine rings is 1. The molecule has 0 aliphatic heterocycles. The smallest absolute Gasteiger partial charge is 0.255 e. The normalized spacial score (nSPS) is 10.6. The molecule has 0 atom stereocenters. The summed E-state index contributed by atoms with van der Waals surface area (Å²) in [6.07, 6.45) is 6.52. The Morgan fingerprint density at radius 2 is 2.00 bits per heavy atom. The number of carbonyl (C=O) groups excluding carboxylic acids is 1. The molecule has 9 nitrogen and oxygen atoms in total. The van der Waals surface area contributed by atoms with Gasteiger partial charge in [0.2, 0.25) is 0 Å². The second kappa shape index (κ2) is 6.32. The number of amides is 1. The number of aromatic nitrogens is 7. The minimum absolute atomic E-state index is 0.267. The molecule has 0 aliphatic carbocycles. The van der Waals surface area contributed by atoms with Gasteiger partial charge in [-0.1, -0.05) is 6.07 Å². The molecule has 1 aromatic carbocycles. The fraction of sp³-hybridized carbons (Fsp3) is 0. The predicted octanol–water partition coefficient (Wildman–Crippen LogP) is 1.50. The van der Waals surface area contributed by atoms with Crippen LogP contribution in [0.4, 0.5) is 5.69 Å². The van der Waals surface area contributed by atoms with E-state index in [9.17, 15) is 4.79 Å². The standard InChI is InChI=1S/C16H12N8O/c25-16(12-4-1-5-13(10-12)24-11-18-21-22-24)20-14-6-2-7-17-15(14)23-9-3-8-19-23/h1-11H,(H,20,25). The second-order valence-electron chi connectivity index (χ2n) is 5.08. The van der Waals surface area contributed by atoms with E-state index in [0.29, 0.717) is 22.8 Å². The number of nitrogens with zero attached hydrogens (tertiary/aromatic N) is 7. The monoisotopic (exact) mass is 332 g/mol. The number of hydrogen-bond acceptors (Lipinski definition) is 6. The summed E-state index contributed by atoms with van der Waals surface area (Å²) >= 11 is 0. The van der Waals surface area contributed by atoms with E-state index in [-0.39, 0.29) is 5.91 Å². The molecule has 0 fully saturated rings. The quantitative estimate of drug-likeness (QED) is 0.607. The molecule has 0 unspecified atom stereocenters. The molecule has 9 heteroatoms. The lowest BCUT2D eigenvalue weighted by Crippen LogP contribution is -2.15. The van der Waals surface area contributed by atoms with Crippen LogP contribution >= 0.6 is 0 Å². The Morgan fingerprint density at radius 3 is 2.80 bits per heavy atom. The van der Waals surface area contributed by atoms with Gasteiger partial charge in [0.05, 0.1) is 11.4 Å². The summed E-state index contributed by atoms with van der Waals surface area (Å²) in [6.45, 7) is 0. The van der Waals surface area contributed by atoms with Gasteiger partial charge >= 0.3 is 0 Å². The Hall–Kier alpha value is -3.88. The van der Waals surface area contributed by atoms with E-state index < -0.39 is 0 Å². The number of rotatable bonds is 4. The lowest BCUT2D eigenvalue weighted by Gasteiger charge is -2.10. The van der Waals surface area contributed by atoms with Crippen LogP contribution in [0.25, 0.3) is 11.5 Å². The molecular weight excluding hydrogens is 320 g/mol. The van der Waals surface area contributed by atoms with Gasteiger partial charge in [-0.2, -0.15) is 5.10 Å². The summed E-state index contributed by atoms with van der Waals surface area (Å²) in [7, 11) is 0. The van der Waals surface area contributed by atoms with Crippen LogP contribution in [0.5, 0.6) is 0 Å². The van der Waals surface area contributed by atoms with Gasteiger partial charge < -0.3 is 5.32 Å². The van der Waals surface area contributed by atoms with E-state index in [1.807, 2.05) is 6.07 Å². The largest absolute Gasteiger partial charge is 0.319 e.